The van der Waals surface area contributed by atoms with E-state index in [0.717, 1.165) is 12.1 Å². The number of pyridine rings is 1. The fourth-order valence-corrected chi connectivity index (χ4v) is 2.53. The number of aromatic nitrogens is 1. The van der Waals surface area contributed by atoms with E-state index >= 15 is 0 Å². The first-order valence-electron chi connectivity index (χ1n) is 5.72. The SMILES string of the molecule is CNc1nccc(C(=O)Nc2c(Cl)cc(F)cc2Br)c1F. The van der Waals surface area contributed by atoms with Gasteiger partial charge in [0.2, 0.25) is 0 Å². The lowest BCUT2D eigenvalue weighted by atomic mass is 10.2. The van der Waals surface area contributed by atoms with Gasteiger partial charge in [-0.05, 0) is 34.1 Å². The van der Waals surface area contributed by atoms with Crippen molar-refractivity contribution in [1.82, 2.24) is 4.98 Å². The van der Waals surface area contributed by atoms with E-state index in [1.54, 1.807) is 0 Å². The van der Waals surface area contributed by atoms with E-state index in [-0.39, 0.29) is 26.6 Å². The summed E-state index contributed by atoms with van der Waals surface area (Å²) in [7, 11) is 1.49. The number of carbonyl (C=O) groups is 1. The minimum absolute atomic E-state index is 0.00136. The summed E-state index contributed by atoms with van der Waals surface area (Å²) in [6, 6.07) is 3.42. The molecule has 1 aromatic carbocycles. The van der Waals surface area contributed by atoms with Crippen LogP contribution in [-0.4, -0.2) is 17.9 Å². The van der Waals surface area contributed by atoms with Crippen LogP contribution in [0.4, 0.5) is 20.3 Å². The Morgan fingerprint density at radius 1 is 1.38 bits per heavy atom. The van der Waals surface area contributed by atoms with Gasteiger partial charge in [-0.3, -0.25) is 4.79 Å². The van der Waals surface area contributed by atoms with Crippen molar-refractivity contribution in [3.8, 4) is 0 Å². The summed E-state index contributed by atoms with van der Waals surface area (Å²) in [5.74, 6) is -2.11. The van der Waals surface area contributed by atoms with Crippen LogP contribution in [-0.2, 0) is 0 Å². The molecule has 110 valence electrons. The Balaban J connectivity index is 2.35. The molecule has 0 atom stereocenters. The molecule has 0 bridgehead atoms. The molecule has 0 saturated heterocycles. The predicted octanol–water partition coefficient (Wildman–Crippen LogP) is 4.07. The summed E-state index contributed by atoms with van der Waals surface area (Å²) in [6.07, 6.45) is 1.30. The summed E-state index contributed by atoms with van der Waals surface area (Å²) in [5.41, 5.74) is -0.0491. The minimum atomic E-state index is -0.785. The van der Waals surface area contributed by atoms with Gasteiger partial charge in [-0.25, -0.2) is 13.8 Å². The topological polar surface area (TPSA) is 54.0 Å². The summed E-state index contributed by atoms with van der Waals surface area (Å²) >= 11 is 8.95. The van der Waals surface area contributed by atoms with Crippen LogP contribution in [0.5, 0.6) is 0 Å². The van der Waals surface area contributed by atoms with E-state index in [1.807, 2.05) is 0 Å². The minimum Gasteiger partial charge on any atom is -0.371 e. The third kappa shape index (κ3) is 3.30. The second-order valence-electron chi connectivity index (χ2n) is 3.97. The number of benzene rings is 1. The van der Waals surface area contributed by atoms with Gasteiger partial charge in [0, 0.05) is 17.7 Å². The number of rotatable bonds is 3. The second kappa shape index (κ2) is 6.36. The highest BCUT2D eigenvalue weighted by atomic mass is 79.9. The highest BCUT2D eigenvalue weighted by Crippen LogP contribution is 2.32. The number of nitrogens with one attached hydrogen (secondary N) is 2. The Morgan fingerprint density at radius 3 is 2.71 bits per heavy atom. The van der Waals surface area contributed by atoms with Crippen LogP contribution in [0.3, 0.4) is 0 Å². The number of carbonyl (C=O) groups excluding carboxylic acids is 1. The quantitative estimate of drug-likeness (QED) is 0.849. The number of anilines is 2. The van der Waals surface area contributed by atoms with Gasteiger partial charge in [-0.2, -0.15) is 0 Å². The molecule has 0 spiro atoms. The average Bonchev–Trinajstić information content (AvgIpc) is 2.42. The van der Waals surface area contributed by atoms with E-state index in [0.29, 0.717) is 0 Å². The molecule has 0 saturated carbocycles. The lowest BCUT2D eigenvalue weighted by molar-refractivity contribution is 0.102. The Morgan fingerprint density at radius 2 is 2.10 bits per heavy atom. The Hall–Kier alpha value is -1.73. The zero-order valence-electron chi connectivity index (χ0n) is 10.7. The molecular weight excluding hydrogens is 368 g/mol. The molecule has 2 N–H and O–H groups in total. The maximum atomic E-state index is 14.0. The molecule has 0 aliphatic carbocycles. The zero-order chi connectivity index (χ0) is 15.6. The van der Waals surface area contributed by atoms with Crippen molar-refractivity contribution in [2.45, 2.75) is 0 Å². The van der Waals surface area contributed by atoms with Crippen molar-refractivity contribution in [2.24, 2.45) is 0 Å². The molecule has 0 fully saturated rings. The molecule has 0 aliphatic heterocycles. The van der Waals surface area contributed by atoms with Crippen LogP contribution in [0.2, 0.25) is 5.02 Å². The fraction of sp³-hybridized carbons (Fsp3) is 0.0769. The van der Waals surface area contributed by atoms with E-state index in [4.69, 9.17) is 11.6 Å². The smallest absolute Gasteiger partial charge is 0.258 e. The highest BCUT2D eigenvalue weighted by molar-refractivity contribution is 9.10. The van der Waals surface area contributed by atoms with Crippen LogP contribution >= 0.6 is 27.5 Å². The molecule has 1 heterocycles. The molecule has 0 radical (unpaired) electrons. The van der Waals surface area contributed by atoms with Gasteiger partial charge in [0.05, 0.1) is 16.3 Å². The first kappa shape index (κ1) is 15.7. The zero-order valence-corrected chi connectivity index (χ0v) is 13.0. The highest BCUT2D eigenvalue weighted by Gasteiger charge is 2.18. The van der Waals surface area contributed by atoms with Crippen molar-refractivity contribution in [2.75, 3.05) is 17.7 Å². The molecule has 2 rings (SSSR count). The third-order valence-electron chi connectivity index (χ3n) is 2.62. The lowest BCUT2D eigenvalue weighted by Crippen LogP contribution is -2.16. The maximum absolute atomic E-state index is 14.0. The van der Waals surface area contributed by atoms with E-state index in [1.165, 1.54) is 19.3 Å². The second-order valence-corrected chi connectivity index (χ2v) is 5.23. The normalized spacial score (nSPS) is 10.3. The largest absolute Gasteiger partial charge is 0.371 e. The maximum Gasteiger partial charge on any atom is 0.258 e. The van der Waals surface area contributed by atoms with Crippen LogP contribution in [0.25, 0.3) is 0 Å². The van der Waals surface area contributed by atoms with Gasteiger partial charge in [0.25, 0.3) is 5.91 Å². The molecule has 0 unspecified atom stereocenters. The first-order valence-corrected chi connectivity index (χ1v) is 6.89. The van der Waals surface area contributed by atoms with Gasteiger partial charge in [0.1, 0.15) is 5.82 Å². The van der Waals surface area contributed by atoms with Gasteiger partial charge in [0.15, 0.2) is 11.6 Å². The molecule has 0 aliphatic rings. The third-order valence-corrected chi connectivity index (χ3v) is 3.54. The number of hydrogen-bond donors (Lipinski definition) is 2. The molecular formula is C13H9BrClF2N3O. The van der Waals surface area contributed by atoms with Gasteiger partial charge >= 0.3 is 0 Å². The standard InChI is InChI=1S/C13H9BrClF2N3O/c1-18-12-10(17)7(2-3-19-12)13(21)20-11-8(14)4-6(16)5-9(11)15/h2-5H,1H3,(H,18,19)(H,20,21). The first-order chi connectivity index (χ1) is 9.93. The molecule has 1 aromatic heterocycles. The summed E-state index contributed by atoms with van der Waals surface area (Å²) < 4.78 is 27.4. The Labute approximate surface area is 132 Å². The number of hydrogen-bond acceptors (Lipinski definition) is 3. The van der Waals surface area contributed by atoms with Crippen LogP contribution in [0.15, 0.2) is 28.9 Å². The summed E-state index contributed by atoms with van der Waals surface area (Å²) in [5, 5.41) is 4.97. The van der Waals surface area contributed by atoms with E-state index in [9.17, 15) is 13.6 Å². The van der Waals surface area contributed by atoms with Crippen LogP contribution in [0.1, 0.15) is 10.4 Å². The van der Waals surface area contributed by atoms with Crippen molar-refractivity contribution in [3.05, 3.63) is 51.1 Å². The van der Waals surface area contributed by atoms with Crippen LogP contribution < -0.4 is 10.6 Å². The predicted molar refractivity (Wildman–Crippen MR) is 80.8 cm³/mol. The monoisotopic (exact) mass is 375 g/mol. The van der Waals surface area contributed by atoms with Crippen molar-refractivity contribution < 1.29 is 13.6 Å². The summed E-state index contributed by atoms with van der Waals surface area (Å²) in [6.45, 7) is 0. The van der Waals surface area contributed by atoms with Crippen molar-refractivity contribution in [3.63, 3.8) is 0 Å². The van der Waals surface area contributed by atoms with Gasteiger partial charge < -0.3 is 10.6 Å². The Bertz CT molecular complexity index is 689. The fourth-order valence-electron chi connectivity index (χ4n) is 1.64. The molecule has 1 amide bonds. The molecule has 4 nitrogen and oxygen atoms in total. The molecule has 21 heavy (non-hydrogen) atoms. The number of nitrogens with zero attached hydrogens (tertiary/aromatic N) is 1. The van der Waals surface area contributed by atoms with Crippen molar-refractivity contribution >= 4 is 44.9 Å². The number of halogens is 4. The van der Waals surface area contributed by atoms with E-state index < -0.39 is 17.5 Å². The van der Waals surface area contributed by atoms with Gasteiger partial charge in [-0.1, -0.05) is 11.6 Å². The molecule has 8 heteroatoms. The number of amides is 1. The van der Waals surface area contributed by atoms with Crippen LogP contribution in [0, 0.1) is 11.6 Å². The van der Waals surface area contributed by atoms with E-state index in [2.05, 4.69) is 31.5 Å². The lowest BCUT2D eigenvalue weighted by Gasteiger charge is -2.11. The summed E-state index contributed by atoms with van der Waals surface area (Å²) in [4.78, 5) is 15.9. The van der Waals surface area contributed by atoms with Crippen molar-refractivity contribution in [1.29, 1.82) is 0 Å². The van der Waals surface area contributed by atoms with Gasteiger partial charge in [-0.15, -0.1) is 0 Å². The molecule has 2 aromatic rings. The average molecular weight is 377 g/mol. The Kier molecular flexibility index (Phi) is 4.74.